The van der Waals surface area contributed by atoms with Crippen LogP contribution in [0.1, 0.15) is 15.9 Å². The van der Waals surface area contributed by atoms with Crippen molar-refractivity contribution in [1.29, 1.82) is 0 Å². The van der Waals surface area contributed by atoms with Crippen LogP contribution in [0.4, 0.5) is 23.2 Å². The Morgan fingerprint density at radius 1 is 1.19 bits per heavy atom. The van der Waals surface area contributed by atoms with Crippen LogP contribution in [0.25, 0.3) is 0 Å². The van der Waals surface area contributed by atoms with Crippen molar-refractivity contribution >= 4 is 17.4 Å². The van der Waals surface area contributed by atoms with E-state index in [9.17, 15) is 22.4 Å². The summed E-state index contributed by atoms with van der Waals surface area (Å²) < 4.78 is 63.7. The molecule has 6 nitrogen and oxygen atoms in total. The standard InChI is InChI=1S/C17H10F4N2O4/c18-16(19)25-10-3-1-2-8(4-10)15(24)23-14-6-9-5-12-13(7-11(9)22-14)27-17(20,21)26-12/h1-5,7,16H,6H2,(H,22,23,24). The number of hydrogen-bond donors (Lipinski definition) is 1. The van der Waals surface area contributed by atoms with Gasteiger partial charge < -0.3 is 19.5 Å². The van der Waals surface area contributed by atoms with Crippen molar-refractivity contribution in [3.63, 3.8) is 0 Å². The maximum absolute atomic E-state index is 13.1. The summed E-state index contributed by atoms with van der Waals surface area (Å²) in [6.07, 6.45) is -3.54. The first-order valence-electron chi connectivity index (χ1n) is 7.66. The number of alkyl halides is 4. The molecule has 2 aromatic rings. The van der Waals surface area contributed by atoms with Gasteiger partial charge in [-0.2, -0.15) is 8.78 Å². The highest BCUT2D eigenvalue weighted by atomic mass is 19.3. The molecule has 0 aliphatic carbocycles. The van der Waals surface area contributed by atoms with E-state index in [1.807, 2.05) is 0 Å². The zero-order valence-corrected chi connectivity index (χ0v) is 13.3. The molecule has 1 amide bonds. The Kier molecular flexibility index (Phi) is 3.90. The van der Waals surface area contributed by atoms with E-state index >= 15 is 0 Å². The van der Waals surface area contributed by atoms with Crippen molar-refractivity contribution in [2.45, 2.75) is 19.3 Å². The summed E-state index contributed by atoms with van der Waals surface area (Å²) in [6, 6.07) is 7.95. The minimum Gasteiger partial charge on any atom is -0.435 e. The first-order chi connectivity index (χ1) is 12.8. The molecule has 2 aliphatic rings. The van der Waals surface area contributed by atoms with E-state index in [0.29, 0.717) is 11.3 Å². The van der Waals surface area contributed by atoms with Crippen LogP contribution < -0.4 is 19.5 Å². The minimum atomic E-state index is -3.72. The summed E-state index contributed by atoms with van der Waals surface area (Å²) in [5.74, 6) is -0.718. The molecule has 0 spiro atoms. The Bertz CT molecular complexity index is 962. The number of nitrogens with zero attached hydrogens (tertiary/aromatic N) is 1. The molecule has 0 atom stereocenters. The second-order valence-electron chi connectivity index (χ2n) is 5.69. The maximum Gasteiger partial charge on any atom is 0.586 e. The second kappa shape index (κ2) is 6.15. The summed E-state index contributed by atoms with van der Waals surface area (Å²) in [5.41, 5.74) is 1.03. The molecule has 0 saturated carbocycles. The molecule has 1 N–H and O–H groups in total. The van der Waals surface area contributed by atoms with Gasteiger partial charge in [0, 0.05) is 18.1 Å². The van der Waals surface area contributed by atoms with E-state index in [2.05, 4.69) is 24.5 Å². The van der Waals surface area contributed by atoms with E-state index in [0.717, 1.165) is 0 Å². The number of amidine groups is 1. The predicted molar refractivity (Wildman–Crippen MR) is 84.0 cm³/mol. The molecule has 27 heavy (non-hydrogen) atoms. The fourth-order valence-corrected chi connectivity index (χ4v) is 2.73. The lowest BCUT2D eigenvalue weighted by molar-refractivity contribution is -0.286. The highest BCUT2D eigenvalue weighted by molar-refractivity contribution is 6.09. The van der Waals surface area contributed by atoms with Crippen LogP contribution in [-0.2, 0) is 6.42 Å². The van der Waals surface area contributed by atoms with Crippen LogP contribution in [0.2, 0.25) is 0 Å². The Morgan fingerprint density at radius 3 is 2.67 bits per heavy atom. The van der Waals surface area contributed by atoms with E-state index < -0.39 is 18.8 Å². The highest BCUT2D eigenvalue weighted by Crippen LogP contribution is 2.45. The van der Waals surface area contributed by atoms with Gasteiger partial charge in [-0.1, -0.05) is 6.07 Å². The molecule has 2 aliphatic heterocycles. The molecule has 10 heteroatoms. The third-order valence-electron chi connectivity index (χ3n) is 3.80. The van der Waals surface area contributed by atoms with Crippen LogP contribution in [0, 0.1) is 0 Å². The Balaban J connectivity index is 1.48. The first-order valence-corrected chi connectivity index (χ1v) is 7.66. The molecule has 0 radical (unpaired) electrons. The molecular weight excluding hydrogens is 372 g/mol. The van der Waals surface area contributed by atoms with Crippen molar-refractivity contribution in [3.05, 3.63) is 47.5 Å². The molecule has 0 fully saturated rings. The van der Waals surface area contributed by atoms with Crippen molar-refractivity contribution in [1.82, 2.24) is 5.32 Å². The molecule has 0 aromatic heterocycles. The second-order valence-corrected chi connectivity index (χ2v) is 5.69. The smallest absolute Gasteiger partial charge is 0.435 e. The molecule has 0 unspecified atom stereocenters. The zero-order valence-electron chi connectivity index (χ0n) is 13.3. The van der Waals surface area contributed by atoms with Crippen molar-refractivity contribution in [3.8, 4) is 17.2 Å². The summed E-state index contributed by atoms with van der Waals surface area (Å²) in [4.78, 5) is 16.5. The van der Waals surface area contributed by atoms with Gasteiger partial charge in [-0.25, -0.2) is 4.99 Å². The number of fused-ring (bicyclic) bond motifs is 2. The number of aliphatic imine (C=N–C) groups is 1. The van der Waals surface area contributed by atoms with Crippen LogP contribution in [-0.4, -0.2) is 24.6 Å². The summed E-state index contributed by atoms with van der Waals surface area (Å²) >= 11 is 0. The fourth-order valence-electron chi connectivity index (χ4n) is 2.73. The van der Waals surface area contributed by atoms with E-state index in [4.69, 9.17) is 0 Å². The van der Waals surface area contributed by atoms with Crippen LogP contribution in [0.5, 0.6) is 17.2 Å². The van der Waals surface area contributed by atoms with Gasteiger partial charge in [-0.15, -0.1) is 8.78 Å². The minimum absolute atomic E-state index is 0.0978. The predicted octanol–water partition coefficient (Wildman–Crippen LogP) is 3.63. The van der Waals surface area contributed by atoms with Crippen molar-refractivity contribution < 1.29 is 36.6 Å². The van der Waals surface area contributed by atoms with Gasteiger partial charge in [0.25, 0.3) is 5.91 Å². The van der Waals surface area contributed by atoms with Gasteiger partial charge in [0.2, 0.25) is 0 Å². The van der Waals surface area contributed by atoms with Gasteiger partial charge in [-0.3, -0.25) is 4.79 Å². The van der Waals surface area contributed by atoms with Gasteiger partial charge in [-0.05, 0) is 29.8 Å². The van der Waals surface area contributed by atoms with Crippen LogP contribution >= 0.6 is 0 Å². The van der Waals surface area contributed by atoms with E-state index in [1.54, 1.807) is 0 Å². The number of carbonyl (C=O) groups is 1. The Morgan fingerprint density at radius 2 is 1.93 bits per heavy atom. The molecule has 0 saturated heterocycles. The van der Waals surface area contributed by atoms with Gasteiger partial charge in [0.15, 0.2) is 11.5 Å². The Hall–Kier alpha value is -3.30. The van der Waals surface area contributed by atoms with Crippen LogP contribution in [0.15, 0.2) is 41.4 Å². The highest BCUT2D eigenvalue weighted by Gasteiger charge is 2.44. The topological polar surface area (TPSA) is 69.2 Å². The third-order valence-corrected chi connectivity index (χ3v) is 3.80. The lowest BCUT2D eigenvalue weighted by Gasteiger charge is -2.07. The normalized spacial score (nSPS) is 16.1. The number of rotatable bonds is 3. The lowest BCUT2D eigenvalue weighted by Crippen LogP contribution is -2.30. The molecule has 0 bridgehead atoms. The molecule has 140 valence electrons. The Labute approximate surface area is 149 Å². The van der Waals surface area contributed by atoms with Gasteiger partial charge in [0.1, 0.15) is 11.6 Å². The lowest BCUT2D eigenvalue weighted by atomic mass is 10.1. The molecule has 4 rings (SSSR count). The summed E-state index contributed by atoms with van der Waals surface area (Å²) in [7, 11) is 0. The largest absolute Gasteiger partial charge is 0.586 e. The van der Waals surface area contributed by atoms with Crippen LogP contribution in [0.3, 0.4) is 0 Å². The average Bonchev–Trinajstić information content (AvgIpc) is 3.08. The van der Waals surface area contributed by atoms with E-state index in [-0.39, 0.29) is 35.1 Å². The molecular formula is C17H10F4N2O4. The number of nitrogens with one attached hydrogen (secondary N) is 1. The maximum atomic E-state index is 13.1. The number of carbonyl (C=O) groups excluding carboxylic acids is 1. The summed E-state index contributed by atoms with van der Waals surface area (Å²) in [6.45, 7) is -3.00. The molecule has 2 heterocycles. The first kappa shape index (κ1) is 17.1. The quantitative estimate of drug-likeness (QED) is 0.824. The fraction of sp³-hybridized carbons (Fsp3) is 0.176. The SMILES string of the molecule is O=C(NC1=Nc2cc3c(cc2C1)OC(F)(F)O3)c1cccc(OC(F)F)c1. The number of ether oxygens (including phenoxy) is 3. The molecule has 2 aromatic carbocycles. The number of amides is 1. The average molecular weight is 382 g/mol. The number of hydrogen-bond acceptors (Lipinski definition) is 5. The van der Waals surface area contributed by atoms with Crippen molar-refractivity contribution in [2.75, 3.05) is 0 Å². The summed E-state index contributed by atoms with van der Waals surface area (Å²) in [5, 5.41) is 2.55. The zero-order chi connectivity index (χ0) is 19.2. The van der Waals surface area contributed by atoms with Crippen molar-refractivity contribution in [2.24, 2.45) is 4.99 Å². The monoisotopic (exact) mass is 382 g/mol. The van der Waals surface area contributed by atoms with Gasteiger partial charge in [0.05, 0.1) is 5.69 Å². The number of halogens is 4. The van der Waals surface area contributed by atoms with Gasteiger partial charge >= 0.3 is 12.9 Å². The van der Waals surface area contributed by atoms with E-state index in [1.165, 1.54) is 36.4 Å². The third kappa shape index (κ3) is 3.50. The number of benzene rings is 2.